The van der Waals surface area contributed by atoms with Crippen molar-refractivity contribution in [3.05, 3.63) is 29.8 Å². The van der Waals surface area contributed by atoms with Crippen molar-refractivity contribution in [3.8, 4) is 0 Å². The van der Waals surface area contributed by atoms with Crippen LogP contribution in [0.25, 0.3) is 0 Å². The summed E-state index contributed by atoms with van der Waals surface area (Å²) in [6, 6.07) is 9.53. The Balaban J connectivity index is 2.03. The third kappa shape index (κ3) is 3.24. The summed E-state index contributed by atoms with van der Waals surface area (Å²) in [4.78, 5) is 0. The summed E-state index contributed by atoms with van der Waals surface area (Å²) in [5, 5.41) is 3.74. The topological polar surface area (TPSA) is 12.0 Å². The molecule has 1 fully saturated rings. The van der Waals surface area contributed by atoms with Crippen molar-refractivity contribution < 1.29 is 0 Å². The second-order valence-corrected chi connectivity index (χ2v) is 5.70. The van der Waals surface area contributed by atoms with Gasteiger partial charge in [0.2, 0.25) is 0 Å². The van der Waals surface area contributed by atoms with Gasteiger partial charge in [0, 0.05) is 11.7 Å². The van der Waals surface area contributed by atoms with E-state index in [1.165, 1.54) is 30.5 Å². The van der Waals surface area contributed by atoms with Crippen molar-refractivity contribution in [1.82, 2.24) is 0 Å². The molecule has 0 bridgehead atoms. The summed E-state index contributed by atoms with van der Waals surface area (Å²) in [6.07, 6.45) is 5.20. The van der Waals surface area contributed by atoms with Crippen LogP contribution in [0.2, 0.25) is 0 Å². The first-order valence-electron chi connectivity index (χ1n) is 7.04. The number of benzene rings is 1. The molecule has 3 atom stereocenters. The molecule has 1 aromatic carbocycles. The molecule has 1 aliphatic carbocycles. The molecule has 0 aromatic heterocycles. The van der Waals surface area contributed by atoms with E-state index in [9.17, 15) is 0 Å². The lowest BCUT2D eigenvalue weighted by atomic mass is 9.80. The maximum Gasteiger partial charge on any atom is 0.0345 e. The Hall–Kier alpha value is -0.980. The van der Waals surface area contributed by atoms with Gasteiger partial charge in [-0.05, 0) is 48.8 Å². The molecule has 1 saturated carbocycles. The van der Waals surface area contributed by atoms with Crippen molar-refractivity contribution in [2.24, 2.45) is 11.8 Å². The van der Waals surface area contributed by atoms with E-state index in [2.05, 4.69) is 50.4 Å². The van der Waals surface area contributed by atoms with Crippen LogP contribution in [-0.4, -0.2) is 6.04 Å². The van der Waals surface area contributed by atoms with Crippen molar-refractivity contribution in [1.29, 1.82) is 0 Å². The minimum atomic E-state index is 0.658. The molecule has 94 valence electrons. The molecule has 1 aromatic rings. The maximum absolute atomic E-state index is 3.74. The van der Waals surface area contributed by atoms with Gasteiger partial charge in [0.25, 0.3) is 0 Å². The summed E-state index contributed by atoms with van der Waals surface area (Å²) in [5.41, 5.74) is 2.72. The Morgan fingerprint density at radius 3 is 2.82 bits per heavy atom. The molecule has 0 amide bonds. The molecular weight excluding hydrogens is 206 g/mol. The standard InChI is InChI=1S/C16H25N/c1-4-14-6-5-7-15(11-14)17-16-10-12(2)8-9-13(16)3/h5-7,11-13,16-17H,4,8-10H2,1-3H3. The zero-order valence-corrected chi connectivity index (χ0v) is 11.4. The van der Waals surface area contributed by atoms with Gasteiger partial charge in [-0.15, -0.1) is 0 Å². The zero-order chi connectivity index (χ0) is 12.3. The molecule has 3 unspecified atom stereocenters. The Bertz CT molecular complexity index is 358. The van der Waals surface area contributed by atoms with Gasteiger partial charge in [0.1, 0.15) is 0 Å². The first-order valence-corrected chi connectivity index (χ1v) is 7.04. The minimum Gasteiger partial charge on any atom is -0.382 e. The molecular formula is C16H25N. The monoisotopic (exact) mass is 231 g/mol. The van der Waals surface area contributed by atoms with E-state index in [4.69, 9.17) is 0 Å². The van der Waals surface area contributed by atoms with Gasteiger partial charge < -0.3 is 5.32 Å². The number of hydrogen-bond donors (Lipinski definition) is 1. The first kappa shape index (κ1) is 12.5. The highest BCUT2D eigenvalue weighted by molar-refractivity contribution is 5.46. The van der Waals surface area contributed by atoms with Gasteiger partial charge in [-0.1, -0.05) is 39.3 Å². The van der Waals surface area contributed by atoms with E-state index < -0.39 is 0 Å². The highest BCUT2D eigenvalue weighted by Crippen LogP contribution is 2.30. The number of rotatable bonds is 3. The van der Waals surface area contributed by atoms with Crippen LogP contribution in [0.3, 0.4) is 0 Å². The summed E-state index contributed by atoms with van der Waals surface area (Å²) in [5.74, 6) is 1.68. The summed E-state index contributed by atoms with van der Waals surface area (Å²) in [7, 11) is 0. The smallest absolute Gasteiger partial charge is 0.0345 e. The van der Waals surface area contributed by atoms with Gasteiger partial charge in [-0.2, -0.15) is 0 Å². The lowest BCUT2D eigenvalue weighted by Gasteiger charge is -2.34. The predicted molar refractivity (Wildman–Crippen MR) is 75.4 cm³/mol. The van der Waals surface area contributed by atoms with Gasteiger partial charge in [-0.3, -0.25) is 0 Å². The number of hydrogen-bond acceptors (Lipinski definition) is 1. The van der Waals surface area contributed by atoms with E-state index in [0.717, 1.165) is 18.3 Å². The molecule has 1 nitrogen and oxygen atoms in total. The van der Waals surface area contributed by atoms with Crippen molar-refractivity contribution in [3.63, 3.8) is 0 Å². The summed E-state index contributed by atoms with van der Waals surface area (Å²) < 4.78 is 0. The van der Waals surface area contributed by atoms with Crippen molar-refractivity contribution in [2.45, 2.75) is 52.5 Å². The quantitative estimate of drug-likeness (QED) is 0.808. The highest BCUT2D eigenvalue weighted by atomic mass is 14.9. The number of aryl methyl sites for hydroxylation is 1. The van der Waals surface area contributed by atoms with Crippen LogP contribution in [0.5, 0.6) is 0 Å². The molecule has 0 spiro atoms. The third-order valence-corrected chi connectivity index (χ3v) is 4.15. The minimum absolute atomic E-state index is 0.658. The van der Waals surface area contributed by atoms with Crippen molar-refractivity contribution in [2.75, 3.05) is 5.32 Å². The second kappa shape index (κ2) is 5.57. The third-order valence-electron chi connectivity index (χ3n) is 4.15. The Morgan fingerprint density at radius 1 is 1.24 bits per heavy atom. The van der Waals surface area contributed by atoms with Crippen LogP contribution >= 0.6 is 0 Å². The van der Waals surface area contributed by atoms with Gasteiger partial charge in [0.05, 0.1) is 0 Å². The Labute approximate surface area is 106 Å². The van der Waals surface area contributed by atoms with Crippen LogP contribution < -0.4 is 5.32 Å². The molecule has 0 heterocycles. The van der Waals surface area contributed by atoms with E-state index in [0.29, 0.717) is 6.04 Å². The molecule has 1 N–H and O–H groups in total. The van der Waals surface area contributed by atoms with E-state index >= 15 is 0 Å². The van der Waals surface area contributed by atoms with E-state index in [1.807, 2.05) is 0 Å². The summed E-state index contributed by atoms with van der Waals surface area (Å²) >= 11 is 0. The Morgan fingerprint density at radius 2 is 2.06 bits per heavy atom. The lowest BCUT2D eigenvalue weighted by molar-refractivity contribution is 0.280. The molecule has 17 heavy (non-hydrogen) atoms. The van der Waals surface area contributed by atoms with Crippen LogP contribution in [0.15, 0.2) is 24.3 Å². The molecule has 1 heteroatoms. The van der Waals surface area contributed by atoms with Crippen LogP contribution in [-0.2, 0) is 6.42 Å². The largest absolute Gasteiger partial charge is 0.382 e. The van der Waals surface area contributed by atoms with Gasteiger partial charge >= 0.3 is 0 Å². The fourth-order valence-corrected chi connectivity index (χ4v) is 2.83. The zero-order valence-electron chi connectivity index (χ0n) is 11.4. The fourth-order valence-electron chi connectivity index (χ4n) is 2.83. The normalized spacial score (nSPS) is 29.0. The summed E-state index contributed by atoms with van der Waals surface area (Å²) in [6.45, 7) is 6.97. The SMILES string of the molecule is CCc1cccc(NC2CC(C)CCC2C)c1. The molecule has 0 radical (unpaired) electrons. The maximum atomic E-state index is 3.74. The predicted octanol–water partition coefficient (Wildman–Crippen LogP) is 4.49. The van der Waals surface area contributed by atoms with Crippen LogP contribution in [0.4, 0.5) is 5.69 Å². The van der Waals surface area contributed by atoms with E-state index in [-0.39, 0.29) is 0 Å². The molecule has 1 aliphatic rings. The van der Waals surface area contributed by atoms with Gasteiger partial charge in [-0.25, -0.2) is 0 Å². The van der Waals surface area contributed by atoms with Crippen LogP contribution in [0.1, 0.15) is 45.6 Å². The Kier molecular flexibility index (Phi) is 4.09. The fraction of sp³-hybridized carbons (Fsp3) is 0.625. The number of nitrogens with one attached hydrogen (secondary N) is 1. The lowest BCUT2D eigenvalue weighted by Crippen LogP contribution is -2.33. The first-order chi connectivity index (χ1) is 8.19. The molecule has 0 aliphatic heterocycles. The van der Waals surface area contributed by atoms with Crippen LogP contribution in [0, 0.1) is 11.8 Å². The average Bonchev–Trinajstić information content (AvgIpc) is 2.34. The van der Waals surface area contributed by atoms with E-state index in [1.54, 1.807) is 0 Å². The average molecular weight is 231 g/mol. The second-order valence-electron chi connectivity index (χ2n) is 5.70. The highest BCUT2D eigenvalue weighted by Gasteiger charge is 2.25. The number of anilines is 1. The molecule has 0 saturated heterocycles. The van der Waals surface area contributed by atoms with Gasteiger partial charge in [0.15, 0.2) is 0 Å². The van der Waals surface area contributed by atoms with Crippen molar-refractivity contribution >= 4 is 5.69 Å². The molecule has 2 rings (SSSR count).